The van der Waals surface area contributed by atoms with E-state index in [1.54, 1.807) is 0 Å². The minimum atomic E-state index is -0.0947. The Morgan fingerprint density at radius 3 is 0.879 bits per heavy atom. The number of fused-ring (bicyclic) bond motifs is 29. The van der Waals surface area contributed by atoms with E-state index in [2.05, 4.69) is 510 Å². The molecule has 141 heavy (non-hydrogen) atoms. The third-order valence-electron chi connectivity index (χ3n) is 31.2. The lowest BCUT2D eigenvalue weighted by molar-refractivity contribution is 0.661. The lowest BCUT2D eigenvalue weighted by atomic mass is 9.80. The van der Waals surface area contributed by atoms with Gasteiger partial charge in [0.1, 0.15) is 0 Å². The fraction of sp³-hybridized carbons (Fsp3) is 0.0667. The van der Waals surface area contributed by atoms with Gasteiger partial charge >= 0.3 is 0 Å². The van der Waals surface area contributed by atoms with Gasteiger partial charge in [0.15, 0.2) is 0 Å². The summed E-state index contributed by atoms with van der Waals surface area (Å²) < 4.78 is 15.6. The molecule has 6 heterocycles. The lowest BCUT2D eigenvalue weighted by Crippen LogP contribution is -2.15. The highest BCUT2D eigenvalue weighted by molar-refractivity contribution is 7.27. The Hall–Kier alpha value is -16.3. The minimum Gasteiger partial charge on any atom is -0.309 e. The summed E-state index contributed by atoms with van der Waals surface area (Å²) in [6.07, 6.45) is 0. The van der Waals surface area contributed by atoms with Crippen molar-refractivity contribution in [3.05, 3.63) is 488 Å². The fourth-order valence-electron chi connectivity index (χ4n) is 24.3. The van der Waals surface area contributed by atoms with E-state index in [1.807, 2.05) is 34.0 Å². The van der Waals surface area contributed by atoms with Crippen molar-refractivity contribution in [2.24, 2.45) is 0 Å². The van der Waals surface area contributed by atoms with Crippen molar-refractivity contribution in [2.75, 3.05) is 0 Å². The maximum Gasteiger partial charge on any atom is 0.0541 e. The first-order valence-electron chi connectivity index (χ1n) is 49.1. The highest BCUT2D eigenvalue weighted by Gasteiger charge is 2.41. The Bertz CT molecular complexity index is 9580. The lowest BCUT2D eigenvalue weighted by Gasteiger charge is -2.23. The maximum absolute atomic E-state index is 2.48. The molecule has 0 bridgehead atoms. The molecule has 0 aliphatic heterocycles. The number of hydrogen-bond acceptors (Lipinski definition) is 3. The van der Waals surface area contributed by atoms with Gasteiger partial charge in [-0.3, -0.25) is 0 Å². The second-order valence-corrected chi connectivity index (χ2v) is 43.3. The average molecular weight is 1850 g/mol. The third kappa shape index (κ3) is 13.0. The molecule has 0 N–H and O–H groups in total. The monoisotopic (exact) mass is 1850 g/mol. The summed E-state index contributed by atoms with van der Waals surface area (Å²) in [7, 11) is 0. The average Bonchev–Trinajstić information content (AvgIpc) is 1.55. The Labute approximate surface area is 830 Å². The van der Waals surface area contributed by atoms with E-state index < -0.39 is 0 Å². The first kappa shape index (κ1) is 82.9. The molecule has 6 aromatic heterocycles. The molecule has 27 aromatic rings. The second kappa shape index (κ2) is 31.9. The molecule has 0 atom stereocenters. The number of thiophene rings is 3. The molecular formula is C135H93N3S3. The molecule has 0 unspecified atom stereocenters. The summed E-state index contributed by atoms with van der Waals surface area (Å²) in [5.74, 6) is 0. The molecule has 0 saturated carbocycles. The van der Waals surface area contributed by atoms with Gasteiger partial charge in [0, 0.05) is 132 Å². The van der Waals surface area contributed by atoms with E-state index in [0.29, 0.717) is 0 Å². The molecule has 0 spiro atoms. The second-order valence-electron chi connectivity index (χ2n) is 40.1. The first-order valence-corrected chi connectivity index (χ1v) is 51.5. The summed E-state index contributed by atoms with van der Waals surface area (Å²) in [4.78, 5) is 0. The van der Waals surface area contributed by atoms with Crippen LogP contribution in [-0.4, -0.2) is 13.7 Å². The molecule has 30 rings (SSSR count). The van der Waals surface area contributed by atoms with Gasteiger partial charge in [-0.05, 0) is 274 Å². The van der Waals surface area contributed by atoms with Crippen molar-refractivity contribution >= 4 is 160 Å². The van der Waals surface area contributed by atoms with E-state index in [-0.39, 0.29) is 16.2 Å². The zero-order valence-corrected chi connectivity index (χ0v) is 81.3. The van der Waals surface area contributed by atoms with Crippen LogP contribution in [-0.2, 0) is 16.2 Å². The summed E-state index contributed by atoms with van der Waals surface area (Å²) in [6.45, 7) is 14.3. The van der Waals surface area contributed by atoms with Crippen LogP contribution in [0.3, 0.4) is 0 Å². The van der Waals surface area contributed by atoms with Crippen molar-refractivity contribution in [3.8, 4) is 117 Å². The molecule has 6 heteroatoms. The van der Waals surface area contributed by atoms with Crippen LogP contribution in [0.1, 0.15) is 74.9 Å². The van der Waals surface area contributed by atoms with Crippen LogP contribution in [0.2, 0.25) is 0 Å². The number of aromatic nitrogens is 3. The van der Waals surface area contributed by atoms with Gasteiger partial charge in [-0.25, -0.2) is 0 Å². The molecule has 21 aromatic carbocycles. The first-order chi connectivity index (χ1) is 69.2. The van der Waals surface area contributed by atoms with Crippen LogP contribution >= 0.6 is 34.0 Å². The van der Waals surface area contributed by atoms with E-state index >= 15 is 0 Å². The van der Waals surface area contributed by atoms with Crippen LogP contribution < -0.4 is 0 Å². The van der Waals surface area contributed by atoms with E-state index in [0.717, 1.165) is 0 Å². The Balaban J connectivity index is 0.000000104. The molecule has 0 amide bonds. The van der Waals surface area contributed by atoms with Gasteiger partial charge in [-0.1, -0.05) is 351 Å². The summed E-state index contributed by atoms with van der Waals surface area (Å²) in [6, 6.07) is 168. The summed E-state index contributed by atoms with van der Waals surface area (Å²) in [5, 5.41) is 15.9. The van der Waals surface area contributed by atoms with Crippen LogP contribution in [0.5, 0.6) is 0 Å². The molecular weight excluding hydrogens is 1760 g/mol. The number of hydrogen-bond donors (Lipinski definition) is 0. The van der Waals surface area contributed by atoms with Gasteiger partial charge in [-0.15, -0.1) is 34.0 Å². The van der Waals surface area contributed by atoms with Gasteiger partial charge in [-0.2, -0.15) is 0 Å². The van der Waals surface area contributed by atoms with Crippen molar-refractivity contribution < 1.29 is 0 Å². The van der Waals surface area contributed by atoms with Crippen molar-refractivity contribution in [2.45, 2.75) is 57.8 Å². The van der Waals surface area contributed by atoms with Gasteiger partial charge < -0.3 is 13.7 Å². The molecule has 3 aliphatic rings. The van der Waals surface area contributed by atoms with Gasteiger partial charge in [0.2, 0.25) is 0 Å². The topological polar surface area (TPSA) is 14.8 Å². The van der Waals surface area contributed by atoms with Gasteiger partial charge in [0.05, 0.1) is 33.1 Å². The zero-order valence-electron chi connectivity index (χ0n) is 78.9. The highest BCUT2D eigenvalue weighted by Crippen LogP contribution is 2.59. The largest absolute Gasteiger partial charge is 0.309 e. The number of nitrogens with zero attached hydrogens (tertiary/aromatic N) is 3. The van der Waals surface area contributed by atoms with Crippen LogP contribution in [0.15, 0.2) is 455 Å². The van der Waals surface area contributed by atoms with E-state index in [1.165, 1.54) is 277 Å². The van der Waals surface area contributed by atoms with Crippen LogP contribution in [0.25, 0.3) is 243 Å². The smallest absolute Gasteiger partial charge is 0.0541 e. The summed E-state index contributed by atoms with van der Waals surface area (Å²) >= 11 is 5.74. The SMILES string of the molecule is CC1(C)c2ccc(-n3c4ccc(-c5ccccc5)cc4c4cc(-c5ccccc5)ccc43)cc2-c2c1ccc1c2sc2ccccc21.CC1(C)c2ccc(-n3c4ccc(-c5ccccc5)cc4c4cc(-c5ccccc5)ccc43)cc2-c2cc3sc4ccccc4c3cc21.CC1(C)c2ccc(-n3c4ccc(-c5ccccc5)cc4c4cc(-c5ccccc5)ccc43)cc2-c2ccc3sc4ccccc4c3c21. The number of benzene rings is 21. The summed E-state index contributed by atoms with van der Waals surface area (Å²) in [5.41, 5.74) is 42.2. The molecule has 666 valence electrons. The Morgan fingerprint density at radius 2 is 0.475 bits per heavy atom. The third-order valence-corrected chi connectivity index (χ3v) is 34.6. The van der Waals surface area contributed by atoms with E-state index in [4.69, 9.17) is 0 Å². The maximum atomic E-state index is 2.48. The normalized spacial score (nSPS) is 13.5. The fourth-order valence-corrected chi connectivity index (χ4v) is 27.8. The molecule has 0 saturated heterocycles. The van der Waals surface area contributed by atoms with Crippen LogP contribution in [0.4, 0.5) is 0 Å². The van der Waals surface area contributed by atoms with Crippen LogP contribution in [0, 0.1) is 0 Å². The van der Waals surface area contributed by atoms with Crippen molar-refractivity contribution in [3.63, 3.8) is 0 Å². The predicted molar refractivity (Wildman–Crippen MR) is 606 cm³/mol. The van der Waals surface area contributed by atoms with Gasteiger partial charge in [0.25, 0.3) is 0 Å². The number of rotatable bonds is 9. The quantitative estimate of drug-likeness (QED) is 0.137. The predicted octanol–water partition coefficient (Wildman–Crippen LogP) is 38.4. The Morgan fingerprint density at radius 1 is 0.170 bits per heavy atom. The highest BCUT2D eigenvalue weighted by atomic mass is 32.1. The standard InChI is InChI=1S/3C45H31NS/c1-45(2)38-21-19-32(27-37(38)43-39(45)22-20-34-33-15-9-10-16-42(33)47-44(34)43)46-40-23-17-30(28-11-5-3-6-12-28)25-35(40)36-26-31(18-24-41(36)46)29-13-7-4-8-14-29;1-45(2)38-21-19-32(27-35(38)33-20-24-42-43(44(33)45)34-15-9-10-16-41(34)47-42)46-39-22-17-30(28-11-5-3-6-12-28)25-36(39)37-26-31(18-23-40(37)46)29-13-7-4-8-14-29;1-45(2)39-20-19-32(25-34(39)35-27-44-38(26-40(35)45)33-15-9-10-16-43(33)47-44)46-41-21-17-30(28-11-5-3-6-12-28)23-36(41)37-24-31(18-22-42(37)46)29-13-7-4-8-14-29/h3*3-27H,1-2H3. The van der Waals surface area contributed by atoms with Crippen molar-refractivity contribution in [1.29, 1.82) is 0 Å². The molecule has 0 radical (unpaired) electrons. The molecule has 3 aliphatic carbocycles. The Kier molecular flexibility index (Phi) is 18.7. The molecule has 0 fully saturated rings. The zero-order chi connectivity index (χ0) is 93.8. The minimum absolute atomic E-state index is 0.0659. The van der Waals surface area contributed by atoms with E-state index in [9.17, 15) is 0 Å². The molecule has 3 nitrogen and oxygen atoms in total. The van der Waals surface area contributed by atoms with Crippen molar-refractivity contribution in [1.82, 2.24) is 13.7 Å².